The van der Waals surface area contributed by atoms with E-state index in [1.165, 1.54) is 17.3 Å². The van der Waals surface area contributed by atoms with Gasteiger partial charge in [0.2, 0.25) is 0 Å². The third-order valence-corrected chi connectivity index (χ3v) is 4.99. The van der Waals surface area contributed by atoms with E-state index in [0.29, 0.717) is 0 Å². The summed E-state index contributed by atoms with van der Waals surface area (Å²) in [5.41, 5.74) is 1.29. The van der Waals surface area contributed by atoms with E-state index in [2.05, 4.69) is 80.3 Å². The zero-order valence-corrected chi connectivity index (χ0v) is 17.6. The smallest absolute Gasteiger partial charge is 0.191 e. The first-order valence-electron chi connectivity index (χ1n) is 10.7. The number of para-hydroxylation sites is 1. The maximum atomic E-state index is 4.78. The van der Waals surface area contributed by atoms with Crippen molar-refractivity contribution in [1.82, 2.24) is 30.0 Å². The minimum atomic E-state index is 0.792. The van der Waals surface area contributed by atoms with Crippen molar-refractivity contribution in [1.29, 1.82) is 0 Å². The molecule has 0 unspecified atom stereocenters. The van der Waals surface area contributed by atoms with E-state index in [4.69, 9.17) is 4.99 Å². The van der Waals surface area contributed by atoms with Crippen LogP contribution in [-0.4, -0.2) is 44.9 Å². The highest BCUT2D eigenvalue weighted by Crippen LogP contribution is 2.15. The molecule has 3 rings (SSSR count). The molecule has 0 atom stereocenters. The van der Waals surface area contributed by atoms with Crippen molar-refractivity contribution >= 4 is 16.9 Å². The number of nitrogens with zero attached hydrogens (tertiary/aromatic N) is 5. The van der Waals surface area contributed by atoms with Crippen molar-refractivity contribution in [3.05, 3.63) is 48.7 Å². The molecule has 0 saturated carbocycles. The highest BCUT2D eigenvalue weighted by atomic mass is 15.3. The lowest BCUT2D eigenvalue weighted by atomic mass is 10.2. The fourth-order valence-corrected chi connectivity index (χ4v) is 3.36. The summed E-state index contributed by atoms with van der Waals surface area (Å²) in [5, 5.41) is 16.3. The lowest BCUT2D eigenvalue weighted by Gasteiger charge is -2.13. The zero-order valence-electron chi connectivity index (χ0n) is 17.6. The first-order chi connectivity index (χ1) is 14.3. The second-order valence-corrected chi connectivity index (χ2v) is 7.15. The van der Waals surface area contributed by atoms with Crippen molar-refractivity contribution in [2.75, 3.05) is 19.6 Å². The van der Waals surface area contributed by atoms with Gasteiger partial charge in [-0.25, -0.2) is 0 Å². The Morgan fingerprint density at radius 3 is 2.72 bits per heavy atom. The maximum Gasteiger partial charge on any atom is 0.191 e. The number of aromatic nitrogens is 4. The predicted molar refractivity (Wildman–Crippen MR) is 119 cm³/mol. The largest absolute Gasteiger partial charge is 0.356 e. The van der Waals surface area contributed by atoms with E-state index in [1.54, 1.807) is 6.33 Å². The molecule has 2 aromatic heterocycles. The van der Waals surface area contributed by atoms with Gasteiger partial charge in [-0.1, -0.05) is 38.5 Å². The number of aliphatic imine (C=N–C) groups is 1. The number of guanidine groups is 1. The van der Waals surface area contributed by atoms with Crippen molar-refractivity contribution in [2.45, 2.75) is 52.6 Å². The minimum absolute atomic E-state index is 0.792. The molecular weight excluding hydrogens is 362 g/mol. The minimum Gasteiger partial charge on any atom is -0.356 e. The van der Waals surface area contributed by atoms with Crippen LogP contribution >= 0.6 is 0 Å². The molecule has 3 aromatic rings. The quantitative estimate of drug-likeness (QED) is 0.297. The Bertz CT molecular complexity index is 893. The molecule has 0 aliphatic heterocycles. The summed E-state index contributed by atoms with van der Waals surface area (Å²) in [6.07, 6.45) is 8.16. The van der Waals surface area contributed by atoms with E-state index < -0.39 is 0 Å². The summed E-state index contributed by atoms with van der Waals surface area (Å²) in [5.74, 6) is 1.91. The molecule has 0 radical (unpaired) electrons. The van der Waals surface area contributed by atoms with Gasteiger partial charge in [-0.3, -0.25) is 4.99 Å². The van der Waals surface area contributed by atoms with Crippen LogP contribution in [0.15, 0.2) is 47.8 Å². The Balaban J connectivity index is 1.49. The fourth-order valence-electron chi connectivity index (χ4n) is 3.36. The fraction of sp³-hybridized carbons (Fsp3) is 0.500. The Kier molecular flexibility index (Phi) is 8.10. The summed E-state index contributed by atoms with van der Waals surface area (Å²) in [7, 11) is 0. The van der Waals surface area contributed by atoms with E-state index in [1.807, 2.05) is 0 Å². The standard InChI is InChI=1S/C22H33N7/c1-3-5-12-23-22(25-14-17-29-18-26-27-21(29)4-2)24-13-8-15-28-16-11-19-9-6-7-10-20(19)28/h6-7,9-11,16,18H,3-5,8,12-15,17H2,1-2H3,(H2,23,24,25). The SMILES string of the molecule is CCCCNC(=NCCCn1ccc2ccccc21)NCCn1cnnc1CC. The Labute approximate surface area is 173 Å². The van der Waals surface area contributed by atoms with Crippen LogP contribution in [-0.2, 0) is 19.5 Å². The molecule has 156 valence electrons. The van der Waals surface area contributed by atoms with Crippen LogP contribution in [0.2, 0.25) is 0 Å². The van der Waals surface area contributed by atoms with E-state index in [9.17, 15) is 0 Å². The third kappa shape index (κ3) is 6.07. The van der Waals surface area contributed by atoms with Gasteiger partial charge in [0.05, 0.1) is 0 Å². The summed E-state index contributed by atoms with van der Waals surface area (Å²) < 4.78 is 4.40. The van der Waals surface area contributed by atoms with Gasteiger partial charge < -0.3 is 19.8 Å². The molecule has 0 aliphatic rings. The Hall–Kier alpha value is -2.83. The van der Waals surface area contributed by atoms with Gasteiger partial charge in [-0.15, -0.1) is 10.2 Å². The van der Waals surface area contributed by atoms with Gasteiger partial charge in [0.15, 0.2) is 5.96 Å². The normalized spacial score (nSPS) is 11.9. The molecule has 0 aliphatic carbocycles. The number of fused-ring (bicyclic) bond motifs is 1. The number of unbranched alkanes of at least 4 members (excludes halogenated alkanes) is 1. The van der Waals surface area contributed by atoms with E-state index in [-0.39, 0.29) is 0 Å². The topological polar surface area (TPSA) is 72.1 Å². The van der Waals surface area contributed by atoms with Crippen LogP contribution in [0.1, 0.15) is 38.9 Å². The average Bonchev–Trinajstić information content (AvgIpc) is 3.37. The predicted octanol–water partition coefficient (Wildman–Crippen LogP) is 3.22. The number of rotatable bonds is 11. The molecular formula is C22H33N7. The number of benzene rings is 1. The second kappa shape index (κ2) is 11.2. The van der Waals surface area contributed by atoms with Gasteiger partial charge in [-0.05, 0) is 30.4 Å². The molecule has 0 fully saturated rings. The van der Waals surface area contributed by atoms with Gasteiger partial charge in [0.1, 0.15) is 12.2 Å². The van der Waals surface area contributed by atoms with Crippen LogP contribution in [0, 0.1) is 0 Å². The van der Waals surface area contributed by atoms with Gasteiger partial charge in [-0.2, -0.15) is 0 Å². The molecule has 2 N–H and O–H groups in total. The van der Waals surface area contributed by atoms with Crippen molar-refractivity contribution < 1.29 is 0 Å². The van der Waals surface area contributed by atoms with Crippen molar-refractivity contribution in [3.8, 4) is 0 Å². The first kappa shape index (κ1) is 20.9. The summed E-state index contributed by atoms with van der Waals surface area (Å²) >= 11 is 0. The van der Waals surface area contributed by atoms with Crippen LogP contribution in [0.5, 0.6) is 0 Å². The highest BCUT2D eigenvalue weighted by Gasteiger charge is 2.03. The van der Waals surface area contributed by atoms with Gasteiger partial charge >= 0.3 is 0 Å². The van der Waals surface area contributed by atoms with E-state index >= 15 is 0 Å². The van der Waals surface area contributed by atoms with Crippen LogP contribution in [0.4, 0.5) is 0 Å². The molecule has 2 heterocycles. The molecule has 0 bridgehead atoms. The lowest BCUT2D eigenvalue weighted by molar-refractivity contribution is 0.624. The van der Waals surface area contributed by atoms with Crippen LogP contribution in [0.25, 0.3) is 10.9 Å². The van der Waals surface area contributed by atoms with Crippen LogP contribution < -0.4 is 10.6 Å². The number of aryl methyl sites for hydroxylation is 2. The molecule has 0 spiro atoms. The van der Waals surface area contributed by atoms with Crippen molar-refractivity contribution in [3.63, 3.8) is 0 Å². The van der Waals surface area contributed by atoms with E-state index in [0.717, 1.165) is 63.8 Å². The molecule has 0 amide bonds. The summed E-state index contributed by atoms with van der Waals surface area (Å²) in [6.45, 7) is 8.63. The first-order valence-corrected chi connectivity index (χ1v) is 10.7. The number of hydrogen-bond acceptors (Lipinski definition) is 3. The Morgan fingerprint density at radius 2 is 1.86 bits per heavy atom. The highest BCUT2D eigenvalue weighted by molar-refractivity contribution is 5.80. The number of hydrogen-bond donors (Lipinski definition) is 2. The lowest BCUT2D eigenvalue weighted by Crippen LogP contribution is -2.39. The molecule has 7 nitrogen and oxygen atoms in total. The van der Waals surface area contributed by atoms with Crippen molar-refractivity contribution in [2.24, 2.45) is 4.99 Å². The van der Waals surface area contributed by atoms with Gasteiger partial charge in [0.25, 0.3) is 0 Å². The Morgan fingerprint density at radius 1 is 1.00 bits per heavy atom. The summed E-state index contributed by atoms with van der Waals surface area (Å²) in [4.78, 5) is 4.78. The summed E-state index contributed by atoms with van der Waals surface area (Å²) in [6, 6.07) is 10.7. The monoisotopic (exact) mass is 395 g/mol. The van der Waals surface area contributed by atoms with Gasteiger partial charge in [0, 0.05) is 50.9 Å². The second-order valence-electron chi connectivity index (χ2n) is 7.15. The molecule has 29 heavy (non-hydrogen) atoms. The zero-order chi connectivity index (χ0) is 20.3. The maximum absolute atomic E-state index is 4.78. The molecule has 7 heteroatoms. The third-order valence-electron chi connectivity index (χ3n) is 4.99. The number of nitrogens with one attached hydrogen (secondary N) is 2. The average molecular weight is 396 g/mol. The van der Waals surface area contributed by atoms with Crippen LogP contribution in [0.3, 0.4) is 0 Å². The molecule has 0 saturated heterocycles. The molecule has 1 aromatic carbocycles.